The summed E-state index contributed by atoms with van der Waals surface area (Å²) >= 11 is 12.5. The van der Waals surface area contributed by atoms with E-state index in [1.165, 1.54) is 18.3 Å². The lowest BCUT2D eigenvalue weighted by atomic mass is 9.65. The summed E-state index contributed by atoms with van der Waals surface area (Å²) in [4.78, 5) is 15.8. The van der Waals surface area contributed by atoms with E-state index in [-0.39, 0.29) is 35.3 Å². The van der Waals surface area contributed by atoms with Gasteiger partial charge in [0.15, 0.2) is 6.29 Å². The van der Waals surface area contributed by atoms with Gasteiger partial charge in [-0.05, 0) is 42.7 Å². The lowest BCUT2D eigenvalue weighted by Gasteiger charge is -2.45. The van der Waals surface area contributed by atoms with Crippen molar-refractivity contribution in [3.05, 3.63) is 106 Å². The van der Waals surface area contributed by atoms with Crippen LogP contribution in [-0.2, 0) is 11.3 Å². The van der Waals surface area contributed by atoms with Crippen LogP contribution in [-0.4, -0.2) is 36.0 Å². The molecule has 1 aliphatic carbocycles. The van der Waals surface area contributed by atoms with Crippen molar-refractivity contribution in [3.8, 4) is 23.6 Å². The second-order valence-electron chi connectivity index (χ2n) is 9.53. The largest absolute Gasteiger partial charge is 0.488 e. The monoisotopic (exact) mass is 587 g/mol. The highest BCUT2D eigenvalue weighted by molar-refractivity contribution is 6.32. The van der Waals surface area contributed by atoms with E-state index in [1.807, 2.05) is 61.6 Å². The summed E-state index contributed by atoms with van der Waals surface area (Å²) in [5.74, 6) is 0.893. The number of hydrogen-bond donors (Lipinski definition) is 0. The third-order valence-electron chi connectivity index (χ3n) is 6.91. The molecule has 2 atom stereocenters. The number of ether oxygens (including phenoxy) is 3. The number of alkyl halides is 1. The van der Waals surface area contributed by atoms with E-state index in [4.69, 9.17) is 42.7 Å². The molecule has 0 radical (unpaired) electrons. The topological polar surface area (TPSA) is 105 Å². The van der Waals surface area contributed by atoms with Gasteiger partial charge in [-0.25, -0.2) is 0 Å². The zero-order valence-electron chi connectivity index (χ0n) is 22.3. The van der Waals surface area contributed by atoms with Crippen molar-refractivity contribution in [2.24, 2.45) is 5.41 Å². The number of hydrogen-bond acceptors (Lipinski definition) is 7. The van der Waals surface area contributed by atoms with Crippen molar-refractivity contribution in [1.82, 2.24) is 4.98 Å². The smallest absolute Gasteiger partial charge is 0.153 e. The fourth-order valence-electron chi connectivity index (χ4n) is 4.61. The molecule has 0 N–H and O–H groups in total. The highest BCUT2D eigenvalue weighted by Gasteiger charge is 2.53. The minimum Gasteiger partial charge on any atom is -0.488 e. The lowest BCUT2D eigenvalue weighted by Crippen LogP contribution is -2.53. The van der Waals surface area contributed by atoms with Crippen molar-refractivity contribution >= 4 is 35.1 Å². The first-order valence-corrected chi connectivity index (χ1v) is 13.8. The Labute approximate surface area is 249 Å². The fraction of sp³-hybridized carbons (Fsp3) is 0.250. The van der Waals surface area contributed by atoms with E-state index < -0.39 is 11.0 Å². The number of nitriles is 2. The SMILES string of the molecule is CC1(C#N)C(c2ccccc2)=CC=CC1(COc1cc(OCc2cncc(C#N)c2)c(C=O)cc1Cl)OCCCCl. The first-order chi connectivity index (χ1) is 19.9. The van der Waals surface area contributed by atoms with Gasteiger partial charge in [-0.3, -0.25) is 9.78 Å². The number of halogens is 2. The highest BCUT2D eigenvalue weighted by atomic mass is 35.5. The first kappa shape index (κ1) is 29.8. The average molecular weight is 588 g/mol. The summed E-state index contributed by atoms with van der Waals surface area (Å²) in [5, 5.41) is 19.9. The van der Waals surface area contributed by atoms with Gasteiger partial charge in [0.1, 0.15) is 41.8 Å². The summed E-state index contributed by atoms with van der Waals surface area (Å²) in [6, 6.07) is 18.8. The van der Waals surface area contributed by atoms with Gasteiger partial charge in [-0.15, -0.1) is 11.6 Å². The normalized spacial score (nSPS) is 19.5. The van der Waals surface area contributed by atoms with Gasteiger partial charge in [0, 0.05) is 36.5 Å². The maximum atomic E-state index is 11.8. The maximum absolute atomic E-state index is 11.8. The van der Waals surface area contributed by atoms with E-state index in [0.717, 1.165) is 11.1 Å². The summed E-state index contributed by atoms with van der Waals surface area (Å²) in [6.07, 6.45) is 9.85. The molecule has 0 saturated heterocycles. The highest BCUT2D eigenvalue weighted by Crippen LogP contribution is 2.49. The Bertz CT molecular complexity index is 1540. The van der Waals surface area contributed by atoms with Gasteiger partial charge in [0.25, 0.3) is 0 Å². The molecule has 0 saturated carbocycles. The van der Waals surface area contributed by atoms with Gasteiger partial charge in [0.05, 0.1) is 22.2 Å². The van der Waals surface area contributed by atoms with E-state index in [1.54, 1.807) is 12.3 Å². The van der Waals surface area contributed by atoms with Crippen LogP contribution in [0.4, 0.5) is 0 Å². The van der Waals surface area contributed by atoms with Gasteiger partial charge < -0.3 is 14.2 Å². The number of pyridine rings is 1. The van der Waals surface area contributed by atoms with Crippen LogP contribution in [0.1, 0.15) is 40.4 Å². The average Bonchev–Trinajstić information content (AvgIpc) is 3.01. The molecule has 1 heterocycles. The lowest BCUT2D eigenvalue weighted by molar-refractivity contribution is -0.0791. The summed E-state index contributed by atoms with van der Waals surface area (Å²) in [5.41, 5.74) is 0.637. The van der Waals surface area contributed by atoms with Gasteiger partial charge in [-0.2, -0.15) is 10.5 Å². The number of nitrogens with zero attached hydrogens (tertiary/aromatic N) is 3. The number of carbonyl (C=O) groups is 1. The third kappa shape index (κ3) is 6.45. The van der Waals surface area contributed by atoms with E-state index >= 15 is 0 Å². The molecule has 41 heavy (non-hydrogen) atoms. The van der Waals surface area contributed by atoms with Crippen LogP contribution < -0.4 is 9.47 Å². The molecule has 4 rings (SSSR count). The van der Waals surface area contributed by atoms with Crippen molar-refractivity contribution in [3.63, 3.8) is 0 Å². The molecular formula is C32H27Cl2N3O4. The predicted molar refractivity (Wildman–Crippen MR) is 157 cm³/mol. The maximum Gasteiger partial charge on any atom is 0.153 e. The molecule has 1 aromatic heterocycles. The van der Waals surface area contributed by atoms with Crippen molar-refractivity contribution in [2.45, 2.75) is 25.6 Å². The molecule has 2 unspecified atom stereocenters. The minimum atomic E-state index is -1.19. The molecule has 0 bridgehead atoms. The van der Waals surface area contributed by atoms with Crippen LogP contribution in [0.5, 0.6) is 11.5 Å². The number of rotatable bonds is 12. The van der Waals surface area contributed by atoms with E-state index in [9.17, 15) is 10.1 Å². The Morgan fingerprint density at radius 3 is 2.59 bits per heavy atom. The van der Waals surface area contributed by atoms with Crippen LogP contribution in [0.25, 0.3) is 5.57 Å². The van der Waals surface area contributed by atoms with E-state index in [2.05, 4.69) is 11.1 Å². The summed E-state index contributed by atoms with van der Waals surface area (Å²) in [7, 11) is 0. The van der Waals surface area contributed by atoms with Crippen LogP contribution in [0.3, 0.4) is 0 Å². The van der Waals surface area contributed by atoms with Crippen LogP contribution in [0.15, 0.2) is 79.2 Å². The number of allylic oxidation sites excluding steroid dienone is 2. The second kappa shape index (κ2) is 13.5. The quantitative estimate of drug-likeness (QED) is 0.128. The molecule has 0 fully saturated rings. The second-order valence-corrected chi connectivity index (χ2v) is 10.3. The third-order valence-corrected chi connectivity index (χ3v) is 7.47. The van der Waals surface area contributed by atoms with Crippen LogP contribution in [0, 0.1) is 28.1 Å². The van der Waals surface area contributed by atoms with Crippen molar-refractivity contribution in [2.75, 3.05) is 19.1 Å². The standard InChI is InChI=1S/C32H27Cl2N3O4/c1-31(21-36)27(25-7-3-2-4-8-25)9-5-10-32(31,41-12-6-11-33)22-40-30-15-29(26(19-38)14-28(30)34)39-20-24-13-23(16-35)17-37-18-24/h2-5,7-10,13-15,17-19H,6,11-12,20,22H2,1H3. The molecule has 208 valence electrons. The zero-order valence-corrected chi connectivity index (χ0v) is 23.9. The van der Waals surface area contributed by atoms with Crippen molar-refractivity contribution in [1.29, 1.82) is 10.5 Å². The van der Waals surface area contributed by atoms with Crippen molar-refractivity contribution < 1.29 is 19.0 Å². The molecule has 2 aromatic carbocycles. The Morgan fingerprint density at radius 1 is 1.07 bits per heavy atom. The molecule has 9 heteroatoms. The van der Waals surface area contributed by atoms with Gasteiger partial charge in [-0.1, -0.05) is 54.1 Å². The number of carbonyl (C=O) groups excluding carboxylic acids is 1. The summed E-state index contributed by atoms with van der Waals surface area (Å²) in [6.45, 7) is 2.14. The Balaban J connectivity index is 1.65. The Kier molecular flexibility index (Phi) is 9.81. The zero-order chi connectivity index (χ0) is 29.3. The predicted octanol–water partition coefficient (Wildman–Crippen LogP) is 6.94. The van der Waals surface area contributed by atoms with Gasteiger partial charge in [0.2, 0.25) is 0 Å². The minimum absolute atomic E-state index is 0.0618. The molecule has 1 aliphatic rings. The number of benzene rings is 2. The number of aldehydes is 1. The fourth-order valence-corrected chi connectivity index (χ4v) is 4.94. The molecule has 0 aliphatic heterocycles. The molecule has 0 amide bonds. The van der Waals surface area contributed by atoms with E-state index in [0.29, 0.717) is 36.3 Å². The van der Waals surface area contributed by atoms with Crippen LogP contribution in [0.2, 0.25) is 5.02 Å². The molecule has 7 nitrogen and oxygen atoms in total. The van der Waals surface area contributed by atoms with Gasteiger partial charge >= 0.3 is 0 Å². The molecule has 0 spiro atoms. The molecule has 3 aromatic rings. The first-order valence-electron chi connectivity index (χ1n) is 12.8. The number of aromatic nitrogens is 1. The Hall–Kier alpha value is -4.14. The Morgan fingerprint density at radius 2 is 1.88 bits per heavy atom. The molecular weight excluding hydrogens is 561 g/mol. The summed E-state index contributed by atoms with van der Waals surface area (Å²) < 4.78 is 18.6. The van der Waals surface area contributed by atoms with Crippen LogP contribution >= 0.6 is 23.2 Å².